The Morgan fingerprint density at radius 2 is 1.84 bits per heavy atom. The molecule has 0 aliphatic carbocycles. The Morgan fingerprint density at radius 1 is 1.00 bits per heavy atom. The van der Waals surface area contributed by atoms with Crippen molar-refractivity contribution in [2.45, 2.75) is 37.2 Å². The summed E-state index contributed by atoms with van der Waals surface area (Å²) in [5.41, 5.74) is 3.63. The van der Waals surface area contributed by atoms with Crippen LogP contribution in [0.25, 0.3) is 22.0 Å². The molecule has 2 aliphatic heterocycles. The van der Waals surface area contributed by atoms with Crippen molar-refractivity contribution in [3.63, 3.8) is 0 Å². The molecule has 0 saturated carbocycles. The van der Waals surface area contributed by atoms with Crippen molar-refractivity contribution in [2.24, 2.45) is 0 Å². The van der Waals surface area contributed by atoms with Gasteiger partial charge < -0.3 is 15.1 Å². The highest BCUT2D eigenvalue weighted by atomic mass is 35.5. The third-order valence-corrected chi connectivity index (χ3v) is 10.7. The van der Waals surface area contributed by atoms with Crippen LogP contribution in [0.4, 0.5) is 5.95 Å². The van der Waals surface area contributed by atoms with Gasteiger partial charge in [-0.05, 0) is 59.7 Å². The Morgan fingerprint density at radius 3 is 2.67 bits per heavy atom. The normalized spacial score (nSPS) is 16.8. The summed E-state index contributed by atoms with van der Waals surface area (Å²) in [4.78, 5) is 42.2. The Hall–Kier alpha value is -4.35. The first kappa shape index (κ1) is 33.2. The van der Waals surface area contributed by atoms with E-state index in [-0.39, 0.29) is 28.1 Å². The standard InChI is InChI=1S/C37H34Cl2N6O3S/c1-2-15-44-16-14-40-20-27-17-24-6-3-4-7-26(24)22-45(27)36(47)31-18-25(11-13-29(31)34-33(39)21-41-37(44)42-34)35(46)43-49(48)28-12-10-23-8-5-9-32(38)30(23)19-28/h3-13,18-19,21,27,40H,2,14-17,20,22H2,1H3,(H,43,46)/t27-,49?/m0/s1. The number of carbonyl (C=O) groups excluding carboxylic acids is 2. The SMILES string of the molecule is CCCN1CCNC[C@@H]2Cc3ccccc3CN2C(=O)c2cc(C(=O)NS(=O)c3ccc4cccc(Cl)c4c3)ccc2-c2nc1ncc2Cl. The van der Waals surface area contributed by atoms with Crippen LogP contribution in [0, 0.1) is 0 Å². The number of hydrogen-bond donors (Lipinski definition) is 2. The maximum Gasteiger partial charge on any atom is 0.263 e. The molecule has 0 radical (unpaired) electrons. The van der Waals surface area contributed by atoms with Gasteiger partial charge >= 0.3 is 0 Å². The van der Waals surface area contributed by atoms with Gasteiger partial charge in [0.05, 0.1) is 21.8 Å². The molecule has 2 N–H and O–H groups in total. The first-order valence-electron chi connectivity index (χ1n) is 16.2. The molecule has 2 amide bonds. The monoisotopic (exact) mass is 712 g/mol. The molecule has 9 nitrogen and oxygen atoms in total. The van der Waals surface area contributed by atoms with E-state index in [9.17, 15) is 13.8 Å². The number of rotatable bonds is 5. The van der Waals surface area contributed by atoms with Gasteiger partial charge in [-0.2, -0.15) is 0 Å². The highest BCUT2D eigenvalue weighted by Gasteiger charge is 2.33. The van der Waals surface area contributed by atoms with Crippen molar-refractivity contribution in [1.82, 2.24) is 24.9 Å². The molecular weight excluding hydrogens is 679 g/mol. The van der Waals surface area contributed by atoms with E-state index in [0.717, 1.165) is 29.3 Å². The van der Waals surface area contributed by atoms with Crippen LogP contribution in [0.5, 0.6) is 0 Å². The van der Waals surface area contributed by atoms with Crippen LogP contribution in [0.2, 0.25) is 10.0 Å². The lowest BCUT2D eigenvalue weighted by Crippen LogP contribution is -2.50. The number of fused-ring (bicyclic) bond motifs is 7. The first-order valence-corrected chi connectivity index (χ1v) is 18.1. The van der Waals surface area contributed by atoms with Gasteiger partial charge in [0.25, 0.3) is 11.8 Å². The van der Waals surface area contributed by atoms with Crippen LogP contribution in [-0.2, 0) is 24.0 Å². The molecule has 49 heavy (non-hydrogen) atoms. The number of hydrogen-bond acceptors (Lipinski definition) is 7. The van der Waals surface area contributed by atoms with Crippen LogP contribution in [0.15, 0.2) is 90.0 Å². The Bertz CT molecular complexity index is 2110. The Labute approximate surface area is 297 Å². The maximum atomic E-state index is 14.7. The average molecular weight is 714 g/mol. The molecule has 3 heterocycles. The molecule has 4 aromatic carbocycles. The smallest absolute Gasteiger partial charge is 0.263 e. The predicted octanol–water partition coefficient (Wildman–Crippen LogP) is 6.44. The molecule has 0 fully saturated rings. The molecule has 1 unspecified atom stereocenters. The van der Waals surface area contributed by atoms with Gasteiger partial charge in [0, 0.05) is 65.9 Å². The summed E-state index contributed by atoms with van der Waals surface area (Å²) in [6.45, 7) is 5.21. The predicted molar refractivity (Wildman–Crippen MR) is 194 cm³/mol. The molecule has 5 aromatic rings. The summed E-state index contributed by atoms with van der Waals surface area (Å²) in [6, 6.07) is 23.6. The topological polar surface area (TPSA) is 108 Å². The third-order valence-electron chi connectivity index (χ3n) is 9.03. The maximum absolute atomic E-state index is 14.7. The van der Waals surface area contributed by atoms with Crippen molar-refractivity contribution < 1.29 is 13.8 Å². The van der Waals surface area contributed by atoms with Gasteiger partial charge in [0.15, 0.2) is 11.0 Å². The number of halogens is 2. The van der Waals surface area contributed by atoms with Crippen molar-refractivity contribution >= 4 is 62.7 Å². The van der Waals surface area contributed by atoms with Gasteiger partial charge in [0.2, 0.25) is 5.95 Å². The summed E-state index contributed by atoms with van der Waals surface area (Å²) in [6.07, 6.45) is 3.14. The molecule has 12 heteroatoms. The highest BCUT2D eigenvalue weighted by molar-refractivity contribution is 7.83. The molecule has 1 aromatic heterocycles. The molecule has 0 spiro atoms. The van der Waals surface area contributed by atoms with Crippen LogP contribution in [0.3, 0.4) is 0 Å². The zero-order valence-corrected chi connectivity index (χ0v) is 29.1. The lowest BCUT2D eigenvalue weighted by Gasteiger charge is -2.37. The summed E-state index contributed by atoms with van der Waals surface area (Å²) in [7, 11) is -1.89. The molecule has 2 aliphatic rings. The molecule has 7 rings (SSSR count). The second kappa shape index (κ2) is 14.2. The largest absolute Gasteiger partial charge is 0.340 e. The van der Waals surface area contributed by atoms with Gasteiger partial charge in [-0.3, -0.25) is 14.3 Å². The van der Waals surface area contributed by atoms with E-state index in [1.165, 1.54) is 5.56 Å². The van der Waals surface area contributed by atoms with Crippen molar-refractivity contribution in [3.05, 3.63) is 117 Å². The van der Waals surface area contributed by atoms with Crippen molar-refractivity contribution in [2.75, 3.05) is 31.1 Å². The van der Waals surface area contributed by atoms with E-state index < -0.39 is 16.9 Å². The number of nitrogens with zero attached hydrogens (tertiary/aromatic N) is 4. The van der Waals surface area contributed by atoms with E-state index in [4.69, 9.17) is 28.2 Å². The van der Waals surface area contributed by atoms with E-state index >= 15 is 0 Å². The second-order valence-electron chi connectivity index (χ2n) is 12.2. The van der Waals surface area contributed by atoms with Crippen LogP contribution in [0.1, 0.15) is 45.2 Å². The highest BCUT2D eigenvalue weighted by Crippen LogP contribution is 2.34. The van der Waals surface area contributed by atoms with E-state index in [1.54, 1.807) is 42.6 Å². The Balaban J connectivity index is 1.29. The van der Waals surface area contributed by atoms with Crippen LogP contribution < -0.4 is 14.9 Å². The summed E-state index contributed by atoms with van der Waals surface area (Å²) >= 11 is 13.1. The van der Waals surface area contributed by atoms with Crippen molar-refractivity contribution in [1.29, 1.82) is 0 Å². The number of amides is 2. The zero-order valence-electron chi connectivity index (χ0n) is 26.8. The number of nitrogens with one attached hydrogen (secondary N) is 2. The lowest BCUT2D eigenvalue weighted by atomic mass is 9.92. The van der Waals surface area contributed by atoms with Gasteiger partial charge in [-0.15, -0.1) is 0 Å². The fraction of sp³-hybridized carbons (Fsp3) is 0.243. The molecule has 0 saturated heterocycles. The lowest BCUT2D eigenvalue weighted by molar-refractivity contribution is 0.0639. The molecule has 2 bridgehead atoms. The second-order valence-corrected chi connectivity index (χ2v) is 14.2. The summed E-state index contributed by atoms with van der Waals surface area (Å²) in [5.74, 6) is -0.336. The van der Waals surface area contributed by atoms with Gasteiger partial charge in [-0.25, -0.2) is 14.2 Å². The number of aromatic nitrogens is 2. The molecule has 2 atom stereocenters. The van der Waals surface area contributed by atoms with Gasteiger partial charge in [-0.1, -0.05) is 78.7 Å². The minimum absolute atomic E-state index is 0.134. The quantitative estimate of drug-likeness (QED) is 0.216. The van der Waals surface area contributed by atoms with Gasteiger partial charge in [0.1, 0.15) is 0 Å². The van der Waals surface area contributed by atoms with E-state index in [1.807, 2.05) is 41.3 Å². The molecular formula is C37H34Cl2N6O3S. The number of carbonyl (C=O) groups is 2. The summed E-state index contributed by atoms with van der Waals surface area (Å²) < 4.78 is 16.0. The van der Waals surface area contributed by atoms with Crippen molar-refractivity contribution in [3.8, 4) is 11.3 Å². The average Bonchev–Trinajstić information content (AvgIpc) is 3.12. The zero-order chi connectivity index (χ0) is 34.1. The fourth-order valence-corrected chi connectivity index (χ4v) is 7.78. The minimum atomic E-state index is -1.89. The van der Waals surface area contributed by atoms with E-state index in [2.05, 4.69) is 32.9 Å². The summed E-state index contributed by atoms with van der Waals surface area (Å²) in [5, 5.41) is 6.00. The first-order chi connectivity index (χ1) is 23.8. The molecule has 250 valence electrons. The Kier molecular flexibility index (Phi) is 9.64. The fourth-order valence-electron chi connectivity index (χ4n) is 6.53. The third kappa shape index (κ3) is 6.78. The van der Waals surface area contributed by atoms with Crippen LogP contribution in [-0.4, -0.2) is 63.1 Å². The number of benzene rings is 4. The number of anilines is 1. The van der Waals surface area contributed by atoms with Crippen LogP contribution >= 0.6 is 23.2 Å². The minimum Gasteiger partial charge on any atom is -0.340 e. The van der Waals surface area contributed by atoms with E-state index in [0.29, 0.717) is 59.7 Å².